The Bertz CT molecular complexity index is 466. The number of rotatable bonds is 3. The highest BCUT2D eigenvalue weighted by atomic mass is 16.4. The van der Waals surface area contributed by atoms with Crippen molar-refractivity contribution in [3.8, 4) is 0 Å². The minimum absolute atomic E-state index is 0.0273. The summed E-state index contributed by atoms with van der Waals surface area (Å²) in [5.41, 5.74) is 3.03. The summed E-state index contributed by atoms with van der Waals surface area (Å²) >= 11 is 0. The van der Waals surface area contributed by atoms with Gasteiger partial charge in [-0.1, -0.05) is 18.6 Å². The van der Waals surface area contributed by atoms with Crippen LogP contribution in [0, 0.1) is 23.7 Å². The molecule has 6 unspecified atom stereocenters. The minimum Gasteiger partial charge on any atom is -0.481 e. The van der Waals surface area contributed by atoms with Crippen molar-refractivity contribution in [3.63, 3.8) is 0 Å². The quantitative estimate of drug-likeness (QED) is 0.778. The van der Waals surface area contributed by atoms with Gasteiger partial charge in [0.05, 0.1) is 11.8 Å². The van der Waals surface area contributed by atoms with Gasteiger partial charge in [0.1, 0.15) is 0 Å². The van der Waals surface area contributed by atoms with Gasteiger partial charge in [-0.25, -0.2) is 5.01 Å². The maximum atomic E-state index is 12.7. The van der Waals surface area contributed by atoms with Crippen LogP contribution in [0.4, 0.5) is 0 Å². The number of carboxylic acids is 1. The van der Waals surface area contributed by atoms with Crippen molar-refractivity contribution in [1.82, 2.24) is 10.4 Å². The molecule has 2 N–H and O–H groups in total. The van der Waals surface area contributed by atoms with Gasteiger partial charge >= 0.3 is 5.97 Å². The maximum absolute atomic E-state index is 12.7. The second kappa shape index (κ2) is 5.44. The van der Waals surface area contributed by atoms with Crippen LogP contribution in [0.3, 0.4) is 0 Å². The van der Waals surface area contributed by atoms with Crippen LogP contribution in [-0.2, 0) is 9.59 Å². The van der Waals surface area contributed by atoms with E-state index in [-0.39, 0.29) is 17.7 Å². The minimum atomic E-state index is -0.841. The SMILES string of the molecule is CC1CCCC(C)N1NC(=O)C1C2C=CC(C2)C1C(=O)O. The summed E-state index contributed by atoms with van der Waals surface area (Å²) in [7, 11) is 0. The fraction of sp³-hybridized carbons (Fsp3) is 0.750. The topological polar surface area (TPSA) is 69.6 Å². The predicted octanol–water partition coefficient (Wildman–Crippen LogP) is 1.80. The molecule has 0 radical (unpaired) electrons. The summed E-state index contributed by atoms with van der Waals surface area (Å²) in [5, 5.41) is 11.5. The molecule has 3 aliphatic rings. The zero-order valence-corrected chi connectivity index (χ0v) is 12.7. The lowest BCUT2D eigenvalue weighted by Gasteiger charge is -2.40. The third kappa shape index (κ3) is 2.48. The number of carbonyl (C=O) groups is 2. The maximum Gasteiger partial charge on any atom is 0.307 e. The zero-order valence-electron chi connectivity index (χ0n) is 12.7. The lowest BCUT2D eigenvalue weighted by molar-refractivity contribution is -0.150. The number of fused-ring (bicyclic) bond motifs is 2. The molecule has 6 atom stereocenters. The Hall–Kier alpha value is -1.36. The number of hydrogen-bond donors (Lipinski definition) is 2. The Labute approximate surface area is 125 Å². The molecule has 0 aromatic carbocycles. The van der Waals surface area contributed by atoms with Gasteiger partial charge in [-0.2, -0.15) is 0 Å². The smallest absolute Gasteiger partial charge is 0.307 e. The predicted molar refractivity (Wildman–Crippen MR) is 78.1 cm³/mol. The summed E-state index contributed by atoms with van der Waals surface area (Å²) in [6.45, 7) is 4.23. The van der Waals surface area contributed by atoms with E-state index in [0.29, 0.717) is 12.1 Å². The molecule has 1 aliphatic heterocycles. The van der Waals surface area contributed by atoms with Gasteiger partial charge in [-0.3, -0.25) is 15.0 Å². The van der Waals surface area contributed by atoms with Crippen molar-refractivity contribution < 1.29 is 14.7 Å². The van der Waals surface area contributed by atoms with Crippen molar-refractivity contribution in [1.29, 1.82) is 0 Å². The molecular formula is C16H24N2O3. The molecule has 21 heavy (non-hydrogen) atoms. The van der Waals surface area contributed by atoms with E-state index in [1.54, 1.807) is 0 Å². The number of nitrogens with one attached hydrogen (secondary N) is 1. The molecular weight excluding hydrogens is 268 g/mol. The number of aliphatic carboxylic acids is 1. The van der Waals surface area contributed by atoms with Crippen LogP contribution in [0.1, 0.15) is 39.5 Å². The summed E-state index contributed by atoms with van der Waals surface area (Å²) in [6, 6.07) is 0.630. The Balaban J connectivity index is 1.73. The van der Waals surface area contributed by atoms with Gasteiger partial charge in [-0.05, 0) is 44.9 Å². The van der Waals surface area contributed by atoms with Crippen molar-refractivity contribution in [3.05, 3.63) is 12.2 Å². The number of carbonyl (C=O) groups excluding carboxylic acids is 1. The zero-order chi connectivity index (χ0) is 15.1. The number of amides is 1. The normalized spacial score (nSPS) is 42.2. The van der Waals surface area contributed by atoms with E-state index in [9.17, 15) is 14.7 Å². The van der Waals surface area contributed by atoms with Crippen LogP contribution >= 0.6 is 0 Å². The van der Waals surface area contributed by atoms with Crippen LogP contribution in [0.2, 0.25) is 0 Å². The van der Waals surface area contributed by atoms with Gasteiger partial charge in [0.25, 0.3) is 0 Å². The van der Waals surface area contributed by atoms with Gasteiger partial charge in [-0.15, -0.1) is 0 Å². The molecule has 1 heterocycles. The molecule has 1 saturated carbocycles. The first-order valence-electron chi connectivity index (χ1n) is 7.99. The molecule has 2 bridgehead atoms. The van der Waals surface area contributed by atoms with Gasteiger partial charge in [0, 0.05) is 12.1 Å². The number of hydrazine groups is 1. The Morgan fingerprint density at radius 3 is 2.24 bits per heavy atom. The third-order valence-electron chi connectivity index (χ3n) is 5.48. The second-order valence-corrected chi connectivity index (χ2v) is 6.85. The Kier molecular flexibility index (Phi) is 3.78. The first kappa shape index (κ1) is 14.6. The molecule has 0 spiro atoms. The van der Waals surface area contributed by atoms with E-state index in [1.807, 2.05) is 17.2 Å². The lowest BCUT2D eigenvalue weighted by atomic mass is 9.82. The first-order chi connectivity index (χ1) is 9.99. The molecule has 1 saturated heterocycles. The molecule has 1 amide bonds. The molecule has 5 nitrogen and oxygen atoms in total. The van der Waals surface area contributed by atoms with Crippen molar-refractivity contribution in [2.75, 3.05) is 0 Å². The monoisotopic (exact) mass is 292 g/mol. The fourth-order valence-corrected chi connectivity index (χ4v) is 4.36. The van der Waals surface area contributed by atoms with E-state index >= 15 is 0 Å². The largest absolute Gasteiger partial charge is 0.481 e. The molecule has 2 fully saturated rings. The van der Waals surface area contributed by atoms with Crippen LogP contribution in [0.5, 0.6) is 0 Å². The Morgan fingerprint density at radius 1 is 1.10 bits per heavy atom. The first-order valence-corrected chi connectivity index (χ1v) is 7.99. The molecule has 116 valence electrons. The molecule has 2 aliphatic carbocycles. The van der Waals surface area contributed by atoms with Crippen molar-refractivity contribution in [2.45, 2.75) is 51.6 Å². The number of nitrogens with zero attached hydrogens (tertiary/aromatic N) is 1. The highest BCUT2D eigenvalue weighted by molar-refractivity contribution is 5.86. The summed E-state index contributed by atoms with van der Waals surface area (Å²) in [6.07, 6.45) is 8.13. The van der Waals surface area contributed by atoms with E-state index in [1.165, 1.54) is 6.42 Å². The highest BCUT2D eigenvalue weighted by Gasteiger charge is 2.52. The van der Waals surface area contributed by atoms with Crippen LogP contribution in [0.25, 0.3) is 0 Å². The number of piperidine rings is 1. The molecule has 0 aromatic rings. The summed E-state index contributed by atoms with van der Waals surface area (Å²) < 4.78 is 0. The standard InChI is InChI=1S/C16H24N2O3/c1-9-4-3-5-10(2)18(9)17-15(19)13-11-6-7-12(8-11)14(13)16(20)21/h6-7,9-14H,3-5,8H2,1-2H3,(H,17,19)(H,20,21). The van der Waals surface area contributed by atoms with Crippen LogP contribution < -0.4 is 5.43 Å². The molecule has 3 rings (SSSR count). The van der Waals surface area contributed by atoms with Gasteiger partial charge < -0.3 is 5.11 Å². The number of allylic oxidation sites excluding steroid dienone is 2. The van der Waals surface area contributed by atoms with Gasteiger partial charge in [0.15, 0.2) is 0 Å². The summed E-state index contributed by atoms with van der Waals surface area (Å²) in [4.78, 5) is 24.2. The molecule has 0 aromatic heterocycles. The lowest BCUT2D eigenvalue weighted by Crippen LogP contribution is -2.56. The van der Waals surface area contributed by atoms with Crippen molar-refractivity contribution >= 4 is 11.9 Å². The van der Waals surface area contributed by atoms with E-state index < -0.39 is 17.8 Å². The van der Waals surface area contributed by atoms with E-state index in [4.69, 9.17) is 0 Å². The van der Waals surface area contributed by atoms with E-state index in [0.717, 1.165) is 19.3 Å². The second-order valence-electron chi connectivity index (χ2n) is 6.85. The molecule has 5 heteroatoms. The number of carboxylic acid groups (broad SMARTS) is 1. The van der Waals surface area contributed by atoms with Crippen LogP contribution in [0.15, 0.2) is 12.2 Å². The third-order valence-corrected chi connectivity index (χ3v) is 5.48. The number of hydrogen-bond acceptors (Lipinski definition) is 3. The van der Waals surface area contributed by atoms with E-state index in [2.05, 4.69) is 19.3 Å². The average Bonchev–Trinajstić information content (AvgIpc) is 3.03. The highest BCUT2D eigenvalue weighted by Crippen LogP contribution is 2.48. The van der Waals surface area contributed by atoms with Crippen molar-refractivity contribution in [2.24, 2.45) is 23.7 Å². The fourth-order valence-electron chi connectivity index (χ4n) is 4.36. The Morgan fingerprint density at radius 2 is 1.67 bits per heavy atom. The van der Waals surface area contributed by atoms with Gasteiger partial charge in [0.2, 0.25) is 5.91 Å². The van der Waals surface area contributed by atoms with Crippen LogP contribution in [-0.4, -0.2) is 34.1 Å². The average molecular weight is 292 g/mol. The summed E-state index contributed by atoms with van der Waals surface area (Å²) in [5.74, 6) is -1.81.